The van der Waals surface area contributed by atoms with Gasteiger partial charge in [0.1, 0.15) is 5.49 Å². The van der Waals surface area contributed by atoms with Crippen molar-refractivity contribution in [3.8, 4) is 0 Å². The van der Waals surface area contributed by atoms with Crippen LogP contribution in [0.2, 0.25) is 0 Å². The second-order valence-corrected chi connectivity index (χ2v) is 1.69. The van der Waals surface area contributed by atoms with Crippen LogP contribution in [-0.2, 0) is 4.74 Å². The van der Waals surface area contributed by atoms with E-state index >= 15 is 0 Å². The maximum atomic E-state index is 4.79. The van der Waals surface area contributed by atoms with Gasteiger partial charge >= 0.3 is 0 Å². The van der Waals surface area contributed by atoms with Crippen molar-refractivity contribution in [2.45, 2.75) is 0 Å². The van der Waals surface area contributed by atoms with Crippen LogP contribution < -0.4 is 0 Å². The minimum Gasteiger partial charge on any atom is -0.383 e. The van der Waals surface area contributed by atoms with Crippen LogP contribution in [0.1, 0.15) is 0 Å². The van der Waals surface area contributed by atoms with E-state index in [1.165, 1.54) is 0 Å². The average molecular weight is 132 g/mol. The number of nitrogens with zero attached hydrogens (tertiary/aromatic N) is 1. The van der Waals surface area contributed by atoms with Gasteiger partial charge in [-0.05, 0) is 0 Å². The fraction of sp³-hybridized carbons (Fsp3) is 0.800. The van der Waals surface area contributed by atoms with E-state index in [0.29, 0.717) is 6.61 Å². The molecule has 1 radical (unpaired) electrons. The van der Waals surface area contributed by atoms with Gasteiger partial charge in [-0.1, -0.05) is 12.2 Å². The van der Waals surface area contributed by atoms with Crippen molar-refractivity contribution in [1.29, 1.82) is 0 Å². The molecule has 47 valence electrons. The fourth-order valence-corrected chi connectivity index (χ4v) is 0.365. The van der Waals surface area contributed by atoms with E-state index in [0.717, 1.165) is 6.54 Å². The molecule has 0 unspecified atom stereocenters. The van der Waals surface area contributed by atoms with Crippen LogP contribution in [-0.4, -0.2) is 37.7 Å². The number of rotatable bonds is 4. The monoisotopic (exact) mass is 132 g/mol. The predicted octanol–water partition coefficient (Wildman–Crippen LogP) is 0.399. The first-order chi connectivity index (χ1) is 3.81. The zero-order valence-corrected chi connectivity index (χ0v) is 5.99. The first-order valence-corrected chi connectivity index (χ1v) is 2.80. The van der Waals surface area contributed by atoms with Gasteiger partial charge < -0.3 is 9.64 Å². The predicted molar refractivity (Wildman–Crippen MR) is 37.1 cm³/mol. The lowest BCUT2D eigenvalue weighted by Crippen LogP contribution is -2.19. The Morgan fingerprint density at radius 2 is 2.38 bits per heavy atom. The Kier molecular flexibility index (Phi) is 4.90. The van der Waals surface area contributed by atoms with Crippen LogP contribution in [0.25, 0.3) is 0 Å². The summed E-state index contributed by atoms with van der Waals surface area (Å²) in [7, 11) is 3.53. The molecule has 0 amide bonds. The molecule has 0 aliphatic rings. The summed E-state index contributed by atoms with van der Waals surface area (Å²) in [6.45, 7) is 1.53. The molecule has 0 aromatic carbocycles. The maximum Gasteiger partial charge on any atom is 0.136 e. The molecule has 0 aliphatic carbocycles. The number of thiocarbonyl (C=S) groups is 1. The van der Waals surface area contributed by atoms with Crippen LogP contribution in [0.4, 0.5) is 0 Å². The molecule has 0 spiro atoms. The normalized spacial score (nSPS) is 8.75. The highest BCUT2D eigenvalue weighted by molar-refractivity contribution is 7.78. The number of methoxy groups -OCH3 is 1. The Balaban J connectivity index is 2.98. The van der Waals surface area contributed by atoms with E-state index in [2.05, 4.69) is 17.7 Å². The van der Waals surface area contributed by atoms with Gasteiger partial charge in [0.05, 0.1) is 6.61 Å². The maximum absolute atomic E-state index is 4.79. The van der Waals surface area contributed by atoms with Crippen molar-refractivity contribution >= 4 is 17.7 Å². The van der Waals surface area contributed by atoms with Crippen LogP contribution in [0.3, 0.4) is 0 Å². The van der Waals surface area contributed by atoms with E-state index in [9.17, 15) is 0 Å². The van der Waals surface area contributed by atoms with E-state index in [4.69, 9.17) is 4.74 Å². The lowest BCUT2D eigenvalue weighted by atomic mass is 10.6. The van der Waals surface area contributed by atoms with Gasteiger partial charge in [0, 0.05) is 20.7 Å². The van der Waals surface area contributed by atoms with E-state index in [1.54, 1.807) is 12.0 Å². The molecule has 2 nitrogen and oxygen atoms in total. The molecule has 0 aliphatic heterocycles. The molecule has 0 bridgehead atoms. The number of ether oxygens (including phenoxy) is 1. The van der Waals surface area contributed by atoms with Gasteiger partial charge in [-0.25, -0.2) is 0 Å². The molecule has 0 saturated heterocycles. The van der Waals surface area contributed by atoms with Crippen LogP contribution >= 0.6 is 12.2 Å². The van der Waals surface area contributed by atoms with E-state index in [1.807, 2.05) is 7.05 Å². The zero-order chi connectivity index (χ0) is 6.41. The molecule has 0 aromatic rings. The summed E-state index contributed by atoms with van der Waals surface area (Å²) >= 11 is 4.51. The quantitative estimate of drug-likeness (QED) is 0.406. The summed E-state index contributed by atoms with van der Waals surface area (Å²) in [5.74, 6) is 0. The Morgan fingerprint density at radius 1 is 1.75 bits per heavy atom. The summed E-state index contributed by atoms with van der Waals surface area (Å²) in [5.41, 5.74) is 2.54. The standard InChI is InChI=1S/C5H10NOS/c1-6(5-8)3-4-7-2/h3-4H2,1-2H3. The SMILES string of the molecule is COCCN(C)[C]=S. The van der Waals surface area contributed by atoms with Crippen LogP contribution in [0, 0.1) is 0 Å². The lowest BCUT2D eigenvalue weighted by Gasteiger charge is -2.08. The second kappa shape index (κ2) is 5.00. The summed E-state index contributed by atoms with van der Waals surface area (Å²) in [4.78, 5) is 1.78. The van der Waals surface area contributed by atoms with Gasteiger partial charge in [-0.15, -0.1) is 0 Å². The van der Waals surface area contributed by atoms with Gasteiger partial charge in [-0.2, -0.15) is 0 Å². The number of hydrogen-bond acceptors (Lipinski definition) is 2. The number of hydrogen-bond donors (Lipinski definition) is 0. The second-order valence-electron chi connectivity index (χ2n) is 1.51. The minimum absolute atomic E-state index is 0.708. The molecule has 0 fully saturated rings. The summed E-state index contributed by atoms with van der Waals surface area (Å²) < 4.78 is 4.79. The number of likely N-dealkylation sites (N-methyl/N-ethyl adjacent to an activating group) is 1. The Bertz CT molecular complexity index is 67.4. The van der Waals surface area contributed by atoms with Gasteiger partial charge in [-0.3, -0.25) is 0 Å². The molecule has 3 heteroatoms. The molecule has 0 rings (SSSR count). The van der Waals surface area contributed by atoms with Crippen molar-refractivity contribution in [2.24, 2.45) is 0 Å². The Morgan fingerprint density at radius 3 is 2.75 bits per heavy atom. The highest BCUT2D eigenvalue weighted by atomic mass is 32.1. The minimum atomic E-state index is 0.708. The van der Waals surface area contributed by atoms with Crippen LogP contribution in [0.15, 0.2) is 0 Å². The molecule has 0 atom stereocenters. The molecular formula is C5H10NOS. The highest BCUT2D eigenvalue weighted by Crippen LogP contribution is 1.75. The van der Waals surface area contributed by atoms with Gasteiger partial charge in [0.15, 0.2) is 0 Å². The summed E-state index contributed by atoms with van der Waals surface area (Å²) in [6, 6.07) is 0. The largest absolute Gasteiger partial charge is 0.383 e. The highest BCUT2D eigenvalue weighted by Gasteiger charge is 1.87. The first-order valence-electron chi connectivity index (χ1n) is 2.39. The van der Waals surface area contributed by atoms with Gasteiger partial charge in [0.2, 0.25) is 0 Å². The zero-order valence-electron chi connectivity index (χ0n) is 5.18. The van der Waals surface area contributed by atoms with Crippen molar-refractivity contribution in [3.05, 3.63) is 0 Å². The van der Waals surface area contributed by atoms with Crippen LogP contribution in [0.5, 0.6) is 0 Å². The molecule has 0 aromatic heterocycles. The Hall–Kier alpha value is -0.150. The van der Waals surface area contributed by atoms with Gasteiger partial charge in [0.25, 0.3) is 0 Å². The third-order valence-electron chi connectivity index (χ3n) is 0.787. The molecule has 8 heavy (non-hydrogen) atoms. The third kappa shape index (κ3) is 4.02. The van der Waals surface area contributed by atoms with Crippen molar-refractivity contribution in [2.75, 3.05) is 27.3 Å². The smallest absolute Gasteiger partial charge is 0.136 e. The van der Waals surface area contributed by atoms with Crippen molar-refractivity contribution in [3.63, 3.8) is 0 Å². The van der Waals surface area contributed by atoms with E-state index < -0.39 is 0 Å². The fourth-order valence-electron chi connectivity index (χ4n) is 0.274. The van der Waals surface area contributed by atoms with Crippen molar-refractivity contribution in [1.82, 2.24) is 4.90 Å². The molecular weight excluding hydrogens is 122 g/mol. The van der Waals surface area contributed by atoms with Crippen molar-refractivity contribution < 1.29 is 4.74 Å². The topological polar surface area (TPSA) is 12.5 Å². The summed E-state index contributed by atoms with van der Waals surface area (Å²) in [5, 5.41) is 0. The molecule has 0 N–H and O–H groups in total. The first kappa shape index (κ1) is 7.85. The third-order valence-corrected chi connectivity index (χ3v) is 1.10. The molecule has 0 heterocycles. The summed E-state index contributed by atoms with van der Waals surface area (Å²) in [6.07, 6.45) is 0. The molecule has 0 saturated carbocycles. The lowest BCUT2D eigenvalue weighted by molar-refractivity contribution is 0.184. The Labute approximate surface area is 55.4 Å². The van der Waals surface area contributed by atoms with E-state index in [-0.39, 0.29) is 0 Å². The average Bonchev–Trinajstić information content (AvgIpc) is 1.83.